The van der Waals surface area contributed by atoms with E-state index in [1.54, 1.807) is 4.90 Å². The highest BCUT2D eigenvalue weighted by Crippen LogP contribution is 2.42. The van der Waals surface area contributed by atoms with Crippen LogP contribution in [-0.2, 0) is 0 Å². The Hall–Kier alpha value is -0.380. The molecule has 2 aliphatic carbocycles. The molecule has 0 aromatic heterocycles. The van der Waals surface area contributed by atoms with E-state index in [-0.39, 0.29) is 0 Å². The molecule has 0 spiro atoms. The predicted octanol–water partition coefficient (Wildman–Crippen LogP) is -2.03. The summed E-state index contributed by atoms with van der Waals surface area (Å²) in [6, 6.07) is 0. The Kier molecular flexibility index (Phi) is 3.50. The van der Waals surface area contributed by atoms with Gasteiger partial charge in [0.15, 0.2) is 0 Å². The lowest BCUT2D eigenvalue weighted by Gasteiger charge is -2.32. The first-order valence-electron chi connectivity index (χ1n) is 7.31. The van der Waals surface area contributed by atoms with Crippen LogP contribution in [0.2, 0.25) is 0 Å². The summed E-state index contributed by atoms with van der Waals surface area (Å²) in [6.07, 6.45) is 7.82. The number of fused-ring (bicyclic) bond motifs is 2. The highest BCUT2D eigenvalue weighted by molar-refractivity contribution is 5.09. The van der Waals surface area contributed by atoms with Gasteiger partial charge >= 0.3 is 0 Å². The lowest BCUT2D eigenvalue weighted by Crippen LogP contribution is -3.28. The van der Waals surface area contributed by atoms with Crippen molar-refractivity contribution in [1.82, 2.24) is 0 Å². The first-order chi connectivity index (χ1) is 8.35. The van der Waals surface area contributed by atoms with Crippen LogP contribution >= 0.6 is 0 Å². The normalized spacial score (nSPS) is 44.4. The fourth-order valence-corrected chi connectivity index (χ4v) is 4.07. The monoisotopic (exact) mass is 238 g/mol. The van der Waals surface area contributed by atoms with Crippen molar-refractivity contribution in [3.8, 4) is 0 Å². The fraction of sp³-hybridized carbons (Fsp3) is 0.857. The first kappa shape index (κ1) is 11.7. The molecule has 3 rings (SSSR count). The summed E-state index contributed by atoms with van der Waals surface area (Å²) in [7, 11) is 0. The van der Waals surface area contributed by atoms with Crippen LogP contribution in [0.15, 0.2) is 12.2 Å². The molecule has 0 aromatic carbocycles. The van der Waals surface area contributed by atoms with Crippen LogP contribution in [0.5, 0.6) is 0 Å². The zero-order valence-electron chi connectivity index (χ0n) is 10.7. The minimum Gasteiger partial charge on any atom is -0.391 e. The van der Waals surface area contributed by atoms with Crippen molar-refractivity contribution < 1.29 is 14.9 Å². The van der Waals surface area contributed by atoms with Crippen molar-refractivity contribution in [3.05, 3.63) is 12.2 Å². The molecule has 3 N–H and O–H groups in total. The van der Waals surface area contributed by atoms with Gasteiger partial charge in [0.05, 0.1) is 13.2 Å². The van der Waals surface area contributed by atoms with Gasteiger partial charge in [0.2, 0.25) is 0 Å². The highest BCUT2D eigenvalue weighted by Gasteiger charge is 2.38. The topological polar surface area (TPSA) is 29.1 Å². The van der Waals surface area contributed by atoms with Crippen molar-refractivity contribution in [2.75, 3.05) is 45.9 Å². The van der Waals surface area contributed by atoms with E-state index in [1.165, 1.54) is 45.6 Å². The number of quaternary nitrogens is 2. The molecule has 3 atom stereocenters. The number of nitrogens with one attached hydrogen (secondary N) is 2. The van der Waals surface area contributed by atoms with Crippen molar-refractivity contribution in [2.24, 2.45) is 17.8 Å². The smallest absolute Gasteiger partial charge is 0.127 e. The van der Waals surface area contributed by atoms with Gasteiger partial charge in [-0.1, -0.05) is 12.2 Å². The second-order valence-electron chi connectivity index (χ2n) is 6.22. The standard InChI is InChI=1S/C14H24N2O/c17-8-7-15-3-5-16(6-4-15)11-14-10-12-1-2-13(14)9-12/h1-2,12-14,17H,3-11H2/p+2/t12-,13+,14+/m0/s1. The van der Waals surface area contributed by atoms with E-state index >= 15 is 0 Å². The van der Waals surface area contributed by atoms with Crippen LogP contribution in [0.25, 0.3) is 0 Å². The third kappa shape index (κ3) is 2.56. The molecule has 0 amide bonds. The summed E-state index contributed by atoms with van der Waals surface area (Å²) >= 11 is 0. The van der Waals surface area contributed by atoms with Gasteiger partial charge in [0.1, 0.15) is 32.7 Å². The van der Waals surface area contributed by atoms with E-state index in [9.17, 15) is 0 Å². The SMILES string of the molecule is OCC[NH+]1CC[NH+](C[C@H]2C[C@H]3C=C[C@@H]2C3)CC1. The largest absolute Gasteiger partial charge is 0.391 e. The van der Waals surface area contributed by atoms with Gasteiger partial charge in [-0.05, 0) is 24.7 Å². The molecule has 3 heteroatoms. The summed E-state index contributed by atoms with van der Waals surface area (Å²) in [6.45, 7) is 7.84. The second-order valence-corrected chi connectivity index (χ2v) is 6.22. The summed E-state index contributed by atoms with van der Waals surface area (Å²) in [4.78, 5) is 3.42. The molecule has 2 fully saturated rings. The van der Waals surface area contributed by atoms with Crippen molar-refractivity contribution in [1.29, 1.82) is 0 Å². The fourth-order valence-electron chi connectivity index (χ4n) is 4.07. The first-order valence-corrected chi connectivity index (χ1v) is 7.31. The lowest BCUT2D eigenvalue weighted by atomic mass is 9.93. The number of piperazine rings is 1. The van der Waals surface area contributed by atoms with Gasteiger partial charge < -0.3 is 14.9 Å². The maximum Gasteiger partial charge on any atom is 0.127 e. The third-order valence-electron chi connectivity index (χ3n) is 5.10. The summed E-state index contributed by atoms with van der Waals surface area (Å²) in [5, 5.41) is 8.95. The van der Waals surface area contributed by atoms with Crippen LogP contribution < -0.4 is 9.80 Å². The van der Waals surface area contributed by atoms with Crippen molar-refractivity contribution in [3.63, 3.8) is 0 Å². The molecule has 3 nitrogen and oxygen atoms in total. The average Bonchev–Trinajstić information content (AvgIpc) is 2.94. The number of aliphatic hydroxyl groups is 1. The van der Waals surface area contributed by atoms with E-state index in [1.807, 2.05) is 4.90 Å². The minimum absolute atomic E-state index is 0.349. The Morgan fingerprint density at radius 1 is 1.00 bits per heavy atom. The van der Waals surface area contributed by atoms with Crippen LogP contribution in [0.1, 0.15) is 12.8 Å². The Morgan fingerprint density at radius 2 is 1.76 bits per heavy atom. The van der Waals surface area contributed by atoms with Gasteiger partial charge in [-0.2, -0.15) is 0 Å². The molecule has 0 aromatic rings. The Balaban J connectivity index is 1.44. The molecule has 96 valence electrons. The molecule has 0 radical (unpaired) electrons. The number of hydrogen-bond donors (Lipinski definition) is 3. The predicted molar refractivity (Wildman–Crippen MR) is 67.1 cm³/mol. The quantitative estimate of drug-likeness (QED) is 0.485. The summed E-state index contributed by atoms with van der Waals surface area (Å²) in [5.41, 5.74) is 0. The number of aliphatic hydroxyl groups excluding tert-OH is 1. The molecule has 3 aliphatic rings. The molecule has 17 heavy (non-hydrogen) atoms. The molecule has 1 saturated heterocycles. The maximum absolute atomic E-state index is 8.95. The molecular weight excluding hydrogens is 212 g/mol. The minimum atomic E-state index is 0.349. The van der Waals surface area contributed by atoms with Crippen LogP contribution in [0.4, 0.5) is 0 Å². The second kappa shape index (κ2) is 5.09. The van der Waals surface area contributed by atoms with Crippen molar-refractivity contribution in [2.45, 2.75) is 12.8 Å². The van der Waals surface area contributed by atoms with E-state index in [0.717, 1.165) is 24.3 Å². The van der Waals surface area contributed by atoms with Crippen LogP contribution in [-0.4, -0.2) is 51.0 Å². The summed E-state index contributed by atoms with van der Waals surface area (Å²) in [5.74, 6) is 2.81. The Labute approximate surface area is 104 Å². The zero-order valence-corrected chi connectivity index (χ0v) is 10.7. The third-order valence-corrected chi connectivity index (χ3v) is 5.10. The number of allylic oxidation sites excluding steroid dienone is 2. The molecule has 1 heterocycles. The van der Waals surface area contributed by atoms with Gasteiger partial charge in [0.25, 0.3) is 0 Å². The van der Waals surface area contributed by atoms with Gasteiger partial charge in [-0.15, -0.1) is 0 Å². The number of rotatable bonds is 4. The highest BCUT2D eigenvalue weighted by atomic mass is 16.3. The van der Waals surface area contributed by atoms with Crippen LogP contribution in [0, 0.1) is 17.8 Å². The lowest BCUT2D eigenvalue weighted by molar-refractivity contribution is -1.01. The van der Waals surface area contributed by atoms with E-state index in [2.05, 4.69) is 12.2 Å². The molecular formula is C14H26N2O+2. The van der Waals surface area contributed by atoms with Gasteiger partial charge in [-0.3, -0.25) is 0 Å². The zero-order chi connectivity index (χ0) is 11.7. The molecule has 2 bridgehead atoms. The van der Waals surface area contributed by atoms with E-state index in [4.69, 9.17) is 5.11 Å². The Morgan fingerprint density at radius 3 is 2.35 bits per heavy atom. The molecule has 1 saturated carbocycles. The van der Waals surface area contributed by atoms with Crippen LogP contribution in [0.3, 0.4) is 0 Å². The van der Waals surface area contributed by atoms with Crippen molar-refractivity contribution >= 4 is 0 Å². The van der Waals surface area contributed by atoms with E-state index in [0.29, 0.717) is 6.61 Å². The maximum atomic E-state index is 8.95. The van der Waals surface area contributed by atoms with Gasteiger partial charge in [-0.25, -0.2) is 0 Å². The average molecular weight is 238 g/mol. The Bertz CT molecular complexity index is 284. The summed E-state index contributed by atoms with van der Waals surface area (Å²) < 4.78 is 0. The van der Waals surface area contributed by atoms with Gasteiger partial charge in [0, 0.05) is 5.92 Å². The molecule has 1 aliphatic heterocycles. The molecule has 0 unspecified atom stereocenters. The number of hydrogen-bond acceptors (Lipinski definition) is 1. The van der Waals surface area contributed by atoms with E-state index < -0.39 is 0 Å².